The number of fused-ring (bicyclic) bond motifs is 1. The maximum Gasteiger partial charge on any atom is 0.191 e. The third-order valence-electron chi connectivity index (χ3n) is 1.46. The predicted molar refractivity (Wildman–Crippen MR) is 48.7 cm³/mol. The van der Waals surface area contributed by atoms with Gasteiger partial charge in [0.2, 0.25) is 0 Å². The molecular weight excluding hydrogens is 176 g/mol. The van der Waals surface area contributed by atoms with E-state index < -0.39 is 0 Å². The van der Waals surface area contributed by atoms with Crippen molar-refractivity contribution in [2.75, 3.05) is 6.26 Å². The SMILES string of the molecule is CSC1=NC2=NN=NC2C(N)=N1. The predicted octanol–water partition coefficient (Wildman–Crippen LogP) is 0.224. The van der Waals surface area contributed by atoms with E-state index in [2.05, 4.69) is 25.4 Å². The molecule has 7 heteroatoms. The van der Waals surface area contributed by atoms with E-state index in [9.17, 15) is 0 Å². The Labute approximate surface area is 72.8 Å². The van der Waals surface area contributed by atoms with Crippen LogP contribution in [0.5, 0.6) is 0 Å². The van der Waals surface area contributed by atoms with Crippen LogP contribution >= 0.6 is 11.8 Å². The molecule has 0 fully saturated rings. The van der Waals surface area contributed by atoms with Crippen molar-refractivity contribution in [1.29, 1.82) is 0 Å². The number of nitrogens with two attached hydrogens (primary N) is 1. The van der Waals surface area contributed by atoms with Gasteiger partial charge in [-0.05, 0) is 11.5 Å². The van der Waals surface area contributed by atoms with Crippen molar-refractivity contribution in [3.05, 3.63) is 0 Å². The molecule has 0 aromatic heterocycles. The summed E-state index contributed by atoms with van der Waals surface area (Å²) in [5.74, 6) is 0.946. The lowest BCUT2D eigenvalue weighted by molar-refractivity contribution is 0.990. The van der Waals surface area contributed by atoms with Crippen LogP contribution in [0.4, 0.5) is 0 Å². The van der Waals surface area contributed by atoms with Crippen molar-refractivity contribution in [1.82, 2.24) is 0 Å². The van der Waals surface area contributed by atoms with Crippen molar-refractivity contribution >= 4 is 28.6 Å². The highest BCUT2D eigenvalue weighted by atomic mass is 32.2. The molecule has 12 heavy (non-hydrogen) atoms. The molecule has 6 nitrogen and oxygen atoms in total. The van der Waals surface area contributed by atoms with E-state index >= 15 is 0 Å². The summed E-state index contributed by atoms with van der Waals surface area (Å²) in [6.07, 6.45) is 1.87. The molecule has 0 aliphatic carbocycles. The molecule has 0 saturated heterocycles. The fourth-order valence-electron chi connectivity index (χ4n) is 0.890. The van der Waals surface area contributed by atoms with Crippen LogP contribution in [0.15, 0.2) is 25.4 Å². The number of thioether (sulfide) groups is 1. The quantitative estimate of drug-likeness (QED) is 0.581. The van der Waals surface area contributed by atoms with E-state index in [1.54, 1.807) is 0 Å². The summed E-state index contributed by atoms with van der Waals surface area (Å²) in [6.45, 7) is 0. The van der Waals surface area contributed by atoms with E-state index in [0.29, 0.717) is 16.8 Å². The highest BCUT2D eigenvalue weighted by Crippen LogP contribution is 2.15. The van der Waals surface area contributed by atoms with Gasteiger partial charge in [0, 0.05) is 0 Å². The van der Waals surface area contributed by atoms with Crippen molar-refractivity contribution in [3.8, 4) is 0 Å². The van der Waals surface area contributed by atoms with E-state index in [0.717, 1.165) is 0 Å². The Morgan fingerprint density at radius 2 is 2.25 bits per heavy atom. The number of amidine groups is 3. The molecule has 62 valence electrons. The molecule has 0 spiro atoms. The number of rotatable bonds is 0. The lowest BCUT2D eigenvalue weighted by atomic mass is 10.2. The Morgan fingerprint density at radius 1 is 1.42 bits per heavy atom. The van der Waals surface area contributed by atoms with Gasteiger partial charge in [0.05, 0.1) is 0 Å². The summed E-state index contributed by atoms with van der Waals surface area (Å²) in [5.41, 5.74) is 5.61. The second-order valence-electron chi connectivity index (χ2n) is 2.20. The van der Waals surface area contributed by atoms with Crippen LogP contribution in [0.25, 0.3) is 0 Å². The van der Waals surface area contributed by atoms with Crippen LogP contribution in [0.3, 0.4) is 0 Å². The van der Waals surface area contributed by atoms with E-state index in [1.165, 1.54) is 11.8 Å². The van der Waals surface area contributed by atoms with Crippen LogP contribution in [-0.4, -0.2) is 29.1 Å². The zero-order chi connectivity index (χ0) is 8.55. The second kappa shape index (κ2) is 2.67. The summed E-state index contributed by atoms with van der Waals surface area (Å²) in [7, 11) is 0. The van der Waals surface area contributed by atoms with Gasteiger partial charge in [0.15, 0.2) is 17.0 Å². The van der Waals surface area contributed by atoms with E-state index in [-0.39, 0.29) is 6.04 Å². The van der Waals surface area contributed by atoms with Crippen LogP contribution in [-0.2, 0) is 0 Å². The number of aliphatic imine (C=N–C) groups is 2. The lowest BCUT2D eigenvalue weighted by Crippen LogP contribution is -2.35. The molecule has 2 N–H and O–H groups in total. The van der Waals surface area contributed by atoms with E-state index in [4.69, 9.17) is 5.73 Å². The standard InChI is InChI=1S/C5H6N6S/c1-12-5-7-3(6)2-4(8-5)10-11-9-2/h2H,1H3,(H2,6,7,8,9,10). The summed E-state index contributed by atoms with van der Waals surface area (Å²) in [5, 5.41) is 11.6. The first-order valence-corrected chi connectivity index (χ1v) is 4.48. The summed E-state index contributed by atoms with van der Waals surface area (Å²) >= 11 is 1.42. The van der Waals surface area contributed by atoms with Crippen LogP contribution in [0, 0.1) is 0 Å². The fraction of sp³-hybridized carbons (Fsp3) is 0.400. The number of hydrogen-bond donors (Lipinski definition) is 1. The first-order valence-electron chi connectivity index (χ1n) is 3.25. The van der Waals surface area contributed by atoms with Gasteiger partial charge in [-0.1, -0.05) is 11.8 Å². The van der Waals surface area contributed by atoms with Crippen LogP contribution < -0.4 is 5.73 Å². The molecule has 2 rings (SSSR count). The zero-order valence-electron chi connectivity index (χ0n) is 6.30. The molecule has 0 radical (unpaired) electrons. The molecule has 2 aliphatic rings. The molecule has 0 saturated carbocycles. The molecule has 0 aromatic carbocycles. The Balaban J connectivity index is 2.38. The summed E-state index contributed by atoms with van der Waals surface area (Å²) in [6, 6.07) is -0.346. The van der Waals surface area contributed by atoms with Gasteiger partial charge in [-0.3, -0.25) is 0 Å². The van der Waals surface area contributed by atoms with Gasteiger partial charge in [0.25, 0.3) is 0 Å². The lowest BCUT2D eigenvalue weighted by Gasteiger charge is -2.10. The molecular formula is C5H6N6S. The molecule has 0 aromatic rings. The Morgan fingerprint density at radius 3 is 3.00 bits per heavy atom. The third kappa shape index (κ3) is 1.02. The van der Waals surface area contributed by atoms with Gasteiger partial charge in [-0.2, -0.15) is 0 Å². The molecule has 2 aliphatic heterocycles. The van der Waals surface area contributed by atoms with Crippen molar-refractivity contribution in [2.24, 2.45) is 31.2 Å². The van der Waals surface area contributed by atoms with Crippen molar-refractivity contribution in [3.63, 3.8) is 0 Å². The molecule has 1 atom stereocenters. The van der Waals surface area contributed by atoms with Crippen molar-refractivity contribution < 1.29 is 0 Å². The Bertz CT molecular complexity index is 327. The maximum atomic E-state index is 5.61. The van der Waals surface area contributed by atoms with Gasteiger partial charge in [0.1, 0.15) is 5.84 Å². The Kier molecular flexibility index (Phi) is 1.65. The van der Waals surface area contributed by atoms with Gasteiger partial charge in [-0.25, -0.2) is 9.98 Å². The Hall–Kier alpha value is -1.24. The van der Waals surface area contributed by atoms with Gasteiger partial charge >= 0.3 is 0 Å². The smallest absolute Gasteiger partial charge is 0.191 e. The summed E-state index contributed by atoms with van der Waals surface area (Å²) < 4.78 is 0. The number of hydrogen-bond acceptors (Lipinski definition) is 7. The van der Waals surface area contributed by atoms with Gasteiger partial charge in [-0.15, -0.1) is 10.2 Å². The maximum absolute atomic E-state index is 5.61. The highest BCUT2D eigenvalue weighted by molar-refractivity contribution is 8.13. The topological polar surface area (TPSA) is 87.8 Å². The minimum atomic E-state index is -0.346. The van der Waals surface area contributed by atoms with Crippen LogP contribution in [0.2, 0.25) is 0 Å². The molecule has 0 bridgehead atoms. The number of nitrogens with zero attached hydrogens (tertiary/aromatic N) is 5. The van der Waals surface area contributed by atoms with Crippen molar-refractivity contribution in [2.45, 2.75) is 6.04 Å². The second-order valence-corrected chi connectivity index (χ2v) is 2.97. The van der Waals surface area contributed by atoms with E-state index in [1.807, 2.05) is 6.26 Å². The van der Waals surface area contributed by atoms with Crippen LogP contribution in [0.1, 0.15) is 0 Å². The molecule has 0 amide bonds. The monoisotopic (exact) mass is 182 g/mol. The first-order chi connectivity index (χ1) is 5.81. The average molecular weight is 182 g/mol. The highest BCUT2D eigenvalue weighted by Gasteiger charge is 2.28. The zero-order valence-corrected chi connectivity index (χ0v) is 7.12. The molecule has 1 unspecified atom stereocenters. The molecule has 2 heterocycles. The fourth-order valence-corrected chi connectivity index (χ4v) is 1.27. The largest absolute Gasteiger partial charge is 0.385 e. The average Bonchev–Trinajstić information content (AvgIpc) is 2.52. The minimum absolute atomic E-state index is 0.346. The van der Waals surface area contributed by atoms with Gasteiger partial charge < -0.3 is 5.73 Å². The summed E-state index contributed by atoms with van der Waals surface area (Å²) in [4.78, 5) is 8.10. The first kappa shape index (κ1) is 7.41. The third-order valence-corrected chi connectivity index (χ3v) is 2.00. The normalized spacial score (nSPS) is 26.1. The minimum Gasteiger partial charge on any atom is -0.385 e.